The van der Waals surface area contributed by atoms with Crippen LogP contribution < -0.4 is 0 Å². The molecule has 1 saturated heterocycles. The van der Waals surface area contributed by atoms with Gasteiger partial charge < -0.3 is 14.2 Å². The second-order valence-corrected chi connectivity index (χ2v) is 6.39. The van der Waals surface area contributed by atoms with Crippen molar-refractivity contribution in [2.45, 2.75) is 32.3 Å². The lowest BCUT2D eigenvalue weighted by atomic mass is 10.1. The van der Waals surface area contributed by atoms with Crippen LogP contribution in [0.2, 0.25) is 0 Å². The van der Waals surface area contributed by atoms with Gasteiger partial charge in [0, 0.05) is 13.8 Å². The van der Waals surface area contributed by atoms with Gasteiger partial charge >= 0.3 is 11.9 Å². The molecule has 2 aromatic carbocycles. The van der Waals surface area contributed by atoms with Crippen molar-refractivity contribution in [3.63, 3.8) is 0 Å². The Kier molecular flexibility index (Phi) is 5.19. The van der Waals surface area contributed by atoms with Gasteiger partial charge in [0.1, 0.15) is 11.7 Å². The fourth-order valence-corrected chi connectivity index (χ4v) is 2.59. The van der Waals surface area contributed by atoms with Crippen LogP contribution in [-0.2, 0) is 30.4 Å². The molecule has 134 valence electrons. The molecule has 0 amide bonds. The van der Waals surface area contributed by atoms with Crippen molar-refractivity contribution < 1.29 is 23.8 Å². The van der Waals surface area contributed by atoms with Gasteiger partial charge in [0.05, 0.1) is 6.61 Å². The Bertz CT molecular complexity index is 787. The van der Waals surface area contributed by atoms with E-state index in [1.54, 1.807) is 0 Å². The SMILES string of the molecule is CC1(C)OC(=O)C(=C[C@H](OCc2ccccc2)c2ccccc2)C(=O)O1. The Morgan fingerprint density at radius 3 is 2.04 bits per heavy atom. The lowest BCUT2D eigenvalue weighted by molar-refractivity contribution is -0.222. The number of carbonyl (C=O) groups excluding carboxylic acids is 2. The van der Waals surface area contributed by atoms with Crippen molar-refractivity contribution in [1.82, 2.24) is 0 Å². The molecule has 0 bridgehead atoms. The number of ether oxygens (including phenoxy) is 3. The van der Waals surface area contributed by atoms with E-state index in [1.165, 1.54) is 19.9 Å². The van der Waals surface area contributed by atoms with Crippen LogP contribution in [0.1, 0.15) is 31.1 Å². The van der Waals surface area contributed by atoms with E-state index in [0.717, 1.165) is 11.1 Å². The predicted molar refractivity (Wildman–Crippen MR) is 94.8 cm³/mol. The van der Waals surface area contributed by atoms with Crippen molar-refractivity contribution in [2.75, 3.05) is 0 Å². The summed E-state index contributed by atoms with van der Waals surface area (Å²) in [5.41, 5.74) is 1.65. The standard InChI is InChI=1S/C21H20O5/c1-21(2)25-19(22)17(20(23)26-21)13-18(16-11-7-4-8-12-16)24-14-15-9-5-3-6-10-15/h3-13,18H,14H2,1-2H3/t18-/m0/s1. The van der Waals surface area contributed by atoms with Gasteiger partial charge in [0.15, 0.2) is 0 Å². The second kappa shape index (κ2) is 7.54. The van der Waals surface area contributed by atoms with Crippen LogP contribution in [0.3, 0.4) is 0 Å². The minimum absolute atomic E-state index is 0.161. The Labute approximate surface area is 152 Å². The number of cyclic esters (lactones) is 2. The maximum Gasteiger partial charge on any atom is 0.348 e. The molecule has 5 heteroatoms. The van der Waals surface area contributed by atoms with Gasteiger partial charge in [-0.05, 0) is 17.2 Å². The smallest absolute Gasteiger partial charge is 0.348 e. The van der Waals surface area contributed by atoms with Crippen LogP contribution in [0.25, 0.3) is 0 Å². The summed E-state index contributed by atoms with van der Waals surface area (Å²) in [6.45, 7) is 3.36. The molecule has 0 N–H and O–H groups in total. The molecule has 0 unspecified atom stereocenters. The van der Waals surface area contributed by atoms with Gasteiger partial charge in [0.2, 0.25) is 0 Å². The molecule has 5 nitrogen and oxygen atoms in total. The highest BCUT2D eigenvalue weighted by molar-refractivity contribution is 6.15. The van der Waals surface area contributed by atoms with E-state index in [9.17, 15) is 9.59 Å². The average molecular weight is 352 g/mol. The summed E-state index contributed by atoms with van der Waals surface area (Å²) < 4.78 is 16.3. The van der Waals surface area contributed by atoms with Gasteiger partial charge in [-0.2, -0.15) is 0 Å². The van der Waals surface area contributed by atoms with Gasteiger partial charge in [-0.25, -0.2) is 9.59 Å². The molecule has 1 aliphatic rings. The van der Waals surface area contributed by atoms with E-state index < -0.39 is 23.8 Å². The Morgan fingerprint density at radius 1 is 0.923 bits per heavy atom. The first-order chi connectivity index (χ1) is 12.4. The Hall–Kier alpha value is -2.92. The van der Waals surface area contributed by atoms with E-state index in [0.29, 0.717) is 6.61 Å². The molecule has 1 aliphatic heterocycles. The molecule has 0 spiro atoms. The normalized spacial score (nSPS) is 17.2. The molecule has 0 aliphatic carbocycles. The quantitative estimate of drug-likeness (QED) is 0.466. The molecule has 0 aromatic heterocycles. The minimum atomic E-state index is -1.27. The number of carbonyl (C=O) groups is 2. The van der Waals surface area contributed by atoms with Gasteiger partial charge in [-0.15, -0.1) is 0 Å². The van der Waals surface area contributed by atoms with E-state index in [2.05, 4.69) is 0 Å². The molecule has 0 radical (unpaired) electrons. The molecule has 1 atom stereocenters. The van der Waals surface area contributed by atoms with E-state index in [-0.39, 0.29) is 5.57 Å². The topological polar surface area (TPSA) is 61.8 Å². The zero-order valence-electron chi connectivity index (χ0n) is 14.7. The molecular weight excluding hydrogens is 332 g/mol. The van der Waals surface area contributed by atoms with E-state index in [1.807, 2.05) is 60.7 Å². The molecule has 26 heavy (non-hydrogen) atoms. The number of hydrogen-bond acceptors (Lipinski definition) is 5. The van der Waals surface area contributed by atoms with Crippen molar-refractivity contribution in [3.8, 4) is 0 Å². The van der Waals surface area contributed by atoms with Crippen molar-refractivity contribution in [2.24, 2.45) is 0 Å². The van der Waals surface area contributed by atoms with Crippen LogP contribution in [0.5, 0.6) is 0 Å². The summed E-state index contributed by atoms with van der Waals surface area (Å²) >= 11 is 0. The third kappa shape index (κ3) is 4.37. The molecule has 1 heterocycles. The largest absolute Gasteiger partial charge is 0.419 e. The first-order valence-corrected chi connectivity index (χ1v) is 8.33. The highest BCUT2D eigenvalue weighted by Crippen LogP contribution is 2.27. The zero-order chi connectivity index (χ0) is 18.6. The highest BCUT2D eigenvalue weighted by atomic mass is 16.7. The van der Waals surface area contributed by atoms with E-state index >= 15 is 0 Å². The van der Waals surface area contributed by atoms with Crippen molar-refractivity contribution in [1.29, 1.82) is 0 Å². The molecule has 3 rings (SSSR count). The lowest BCUT2D eigenvalue weighted by Gasteiger charge is -2.30. The number of benzene rings is 2. The summed E-state index contributed by atoms with van der Waals surface area (Å²) in [4.78, 5) is 24.4. The van der Waals surface area contributed by atoms with E-state index in [4.69, 9.17) is 14.2 Å². The maximum absolute atomic E-state index is 12.2. The van der Waals surface area contributed by atoms with Crippen LogP contribution >= 0.6 is 0 Å². The molecule has 1 fully saturated rings. The van der Waals surface area contributed by atoms with Crippen LogP contribution in [-0.4, -0.2) is 17.7 Å². The van der Waals surface area contributed by atoms with Crippen LogP contribution in [0, 0.1) is 0 Å². The van der Waals surface area contributed by atoms with Crippen molar-refractivity contribution in [3.05, 3.63) is 83.4 Å². The minimum Gasteiger partial charge on any atom is -0.419 e. The fraction of sp³-hybridized carbons (Fsp3) is 0.238. The highest BCUT2D eigenvalue weighted by Gasteiger charge is 2.39. The maximum atomic E-state index is 12.2. The van der Waals surface area contributed by atoms with Gasteiger partial charge in [-0.3, -0.25) is 0 Å². The summed E-state index contributed by atoms with van der Waals surface area (Å²) in [5.74, 6) is -2.69. The monoisotopic (exact) mass is 352 g/mol. The summed E-state index contributed by atoms with van der Waals surface area (Å²) in [5, 5.41) is 0. The van der Waals surface area contributed by atoms with Crippen LogP contribution in [0.15, 0.2) is 72.3 Å². The summed E-state index contributed by atoms with van der Waals surface area (Å²) in [6, 6.07) is 19.0. The van der Waals surface area contributed by atoms with Crippen LogP contribution in [0.4, 0.5) is 0 Å². The third-order valence-corrected chi connectivity index (χ3v) is 3.84. The first-order valence-electron chi connectivity index (χ1n) is 8.33. The Morgan fingerprint density at radius 2 is 1.46 bits per heavy atom. The molecule has 2 aromatic rings. The fourth-order valence-electron chi connectivity index (χ4n) is 2.59. The third-order valence-electron chi connectivity index (χ3n) is 3.84. The van der Waals surface area contributed by atoms with Gasteiger partial charge in [0.25, 0.3) is 5.79 Å². The van der Waals surface area contributed by atoms with Gasteiger partial charge in [-0.1, -0.05) is 60.7 Å². The van der Waals surface area contributed by atoms with Crippen molar-refractivity contribution >= 4 is 11.9 Å². The predicted octanol–water partition coefficient (Wildman–Crippen LogP) is 3.71. The first kappa shape index (κ1) is 17.9. The second-order valence-electron chi connectivity index (χ2n) is 6.39. The average Bonchev–Trinajstić information content (AvgIpc) is 2.61. The lowest BCUT2D eigenvalue weighted by Crippen LogP contribution is -2.42. The zero-order valence-corrected chi connectivity index (χ0v) is 14.7. The summed E-state index contributed by atoms with van der Waals surface area (Å²) in [7, 11) is 0. The number of rotatable bonds is 5. The number of hydrogen-bond donors (Lipinski definition) is 0. The summed E-state index contributed by atoms with van der Waals surface area (Å²) in [6.07, 6.45) is 0.866. The molecule has 0 saturated carbocycles. The molecular formula is C21H20O5. The Balaban J connectivity index is 1.86. The number of esters is 2.